The van der Waals surface area contributed by atoms with Crippen molar-refractivity contribution in [2.75, 3.05) is 20.3 Å². The van der Waals surface area contributed by atoms with Crippen LogP contribution in [0.15, 0.2) is 18.2 Å². The van der Waals surface area contributed by atoms with Gasteiger partial charge in [-0.15, -0.1) is 0 Å². The van der Waals surface area contributed by atoms with Gasteiger partial charge in [0.2, 0.25) is 0 Å². The molecule has 0 aromatic heterocycles. The van der Waals surface area contributed by atoms with Gasteiger partial charge in [-0.05, 0) is 6.07 Å². The summed E-state index contributed by atoms with van der Waals surface area (Å²) in [6, 6.07) is 5.42. The number of rotatable bonds is 4. The molecule has 1 rings (SSSR count). The smallest absolute Gasteiger partial charge is 0.141 e. The Balaban J connectivity index is 3.11. The third-order valence-corrected chi connectivity index (χ3v) is 2.44. The molecular formula is C10H14ClNO2. The van der Waals surface area contributed by atoms with Gasteiger partial charge in [0, 0.05) is 18.0 Å². The summed E-state index contributed by atoms with van der Waals surface area (Å²) in [4.78, 5) is 0. The van der Waals surface area contributed by atoms with Gasteiger partial charge in [0.1, 0.15) is 5.75 Å². The Hall–Kier alpha value is -0.770. The van der Waals surface area contributed by atoms with Crippen LogP contribution in [0.4, 0.5) is 0 Å². The van der Waals surface area contributed by atoms with E-state index in [2.05, 4.69) is 0 Å². The zero-order valence-electron chi connectivity index (χ0n) is 8.03. The number of aliphatic hydroxyl groups is 1. The Kier molecular flexibility index (Phi) is 4.20. The number of methoxy groups -OCH3 is 1. The molecule has 0 heterocycles. The van der Waals surface area contributed by atoms with Crippen molar-refractivity contribution in [1.29, 1.82) is 0 Å². The summed E-state index contributed by atoms with van der Waals surface area (Å²) in [5.41, 5.74) is 6.38. The number of halogens is 1. The van der Waals surface area contributed by atoms with Crippen molar-refractivity contribution in [3.8, 4) is 5.75 Å². The fraction of sp³-hybridized carbons (Fsp3) is 0.400. The van der Waals surface area contributed by atoms with Crippen LogP contribution >= 0.6 is 11.6 Å². The Labute approximate surface area is 88.4 Å². The Morgan fingerprint density at radius 3 is 2.79 bits per heavy atom. The van der Waals surface area contributed by atoms with E-state index in [1.807, 2.05) is 12.1 Å². The maximum absolute atomic E-state index is 9.11. The molecule has 0 radical (unpaired) electrons. The Morgan fingerprint density at radius 2 is 2.29 bits per heavy atom. The lowest BCUT2D eigenvalue weighted by molar-refractivity contribution is 0.264. The molecule has 0 saturated heterocycles. The fourth-order valence-corrected chi connectivity index (χ4v) is 1.62. The summed E-state index contributed by atoms with van der Waals surface area (Å²) in [6.45, 7) is 0.362. The highest BCUT2D eigenvalue weighted by Gasteiger charge is 2.15. The summed E-state index contributed by atoms with van der Waals surface area (Å²) < 4.78 is 5.16. The summed E-state index contributed by atoms with van der Waals surface area (Å²) in [5.74, 6) is 0.474. The largest absolute Gasteiger partial charge is 0.495 e. The van der Waals surface area contributed by atoms with Crippen LogP contribution in [0, 0.1) is 0 Å². The average Bonchev–Trinajstić information content (AvgIpc) is 2.20. The van der Waals surface area contributed by atoms with Crippen molar-refractivity contribution < 1.29 is 9.84 Å². The minimum absolute atomic E-state index is 0.00674. The molecular weight excluding hydrogens is 202 g/mol. The number of hydrogen-bond acceptors (Lipinski definition) is 3. The van der Waals surface area contributed by atoms with E-state index in [0.717, 1.165) is 5.56 Å². The standard InChI is InChI=1S/C10H14ClNO2/c1-14-10-8(7(5-12)6-13)3-2-4-9(10)11/h2-4,7,13H,5-6,12H2,1H3. The highest BCUT2D eigenvalue weighted by atomic mass is 35.5. The molecule has 78 valence electrons. The summed E-state index contributed by atoms with van der Waals surface area (Å²) in [7, 11) is 1.55. The first kappa shape index (κ1) is 11.3. The third kappa shape index (κ3) is 2.18. The van der Waals surface area contributed by atoms with Crippen LogP contribution in [0.5, 0.6) is 5.75 Å². The van der Waals surface area contributed by atoms with Crippen LogP contribution in [-0.4, -0.2) is 25.4 Å². The Bertz CT molecular complexity index is 300. The highest BCUT2D eigenvalue weighted by molar-refractivity contribution is 6.32. The van der Waals surface area contributed by atoms with E-state index in [1.165, 1.54) is 0 Å². The monoisotopic (exact) mass is 215 g/mol. The van der Waals surface area contributed by atoms with E-state index in [4.69, 9.17) is 27.2 Å². The molecule has 1 atom stereocenters. The van der Waals surface area contributed by atoms with Crippen molar-refractivity contribution in [3.05, 3.63) is 28.8 Å². The van der Waals surface area contributed by atoms with E-state index in [1.54, 1.807) is 13.2 Å². The lowest BCUT2D eigenvalue weighted by Gasteiger charge is -2.16. The maximum Gasteiger partial charge on any atom is 0.141 e. The fourth-order valence-electron chi connectivity index (χ4n) is 1.36. The number of hydrogen-bond donors (Lipinski definition) is 2. The van der Waals surface area contributed by atoms with Crippen LogP contribution in [0.25, 0.3) is 0 Å². The SMILES string of the molecule is COc1c(Cl)cccc1C(CN)CO. The quantitative estimate of drug-likeness (QED) is 0.798. The van der Waals surface area contributed by atoms with Gasteiger partial charge in [0.15, 0.2) is 0 Å². The molecule has 1 aromatic rings. The normalized spacial score (nSPS) is 12.6. The molecule has 0 bridgehead atoms. The van der Waals surface area contributed by atoms with Crippen molar-refractivity contribution in [2.45, 2.75) is 5.92 Å². The average molecular weight is 216 g/mol. The van der Waals surface area contributed by atoms with Crippen LogP contribution in [0.3, 0.4) is 0 Å². The van der Waals surface area contributed by atoms with E-state index in [-0.39, 0.29) is 12.5 Å². The van der Waals surface area contributed by atoms with Crippen molar-refractivity contribution >= 4 is 11.6 Å². The van der Waals surface area contributed by atoms with Gasteiger partial charge in [0.05, 0.1) is 18.7 Å². The molecule has 14 heavy (non-hydrogen) atoms. The van der Waals surface area contributed by atoms with Gasteiger partial charge >= 0.3 is 0 Å². The summed E-state index contributed by atoms with van der Waals surface area (Å²) >= 11 is 5.94. The number of para-hydroxylation sites is 1. The zero-order chi connectivity index (χ0) is 10.6. The van der Waals surface area contributed by atoms with E-state index in [0.29, 0.717) is 17.3 Å². The second kappa shape index (κ2) is 5.20. The predicted octanol–water partition coefficient (Wildman–Crippen LogP) is 1.38. The van der Waals surface area contributed by atoms with Crippen molar-refractivity contribution in [1.82, 2.24) is 0 Å². The van der Waals surface area contributed by atoms with Gasteiger partial charge in [-0.1, -0.05) is 23.7 Å². The van der Waals surface area contributed by atoms with Crippen molar-refractivity contribution in [3.63, 3.8) is 0 Å². The lowest BCUT2D eigenvalue weighted by Crippen LogP contribution is -2.16. The summed E-state index contributed by atoms with van der Waals surface area (Å²) in [5, 5.41) is 9.65. The molecule has 1 aromatic carbocycles. The van der Waals surface area contributed by atoms with Crippen LogP contribution < -0.4 is 10.5 Å². The molecule has 0 fully saturated rings. The summed E-state index contributed by atoms with van der Waals surface area (Å²) in [6.07, 6.45) is 0. The predicted molar refractivity (Wildman–Crippen MR) is 56.9 cm³/mol. The Morgan fingerprint density at radius 1 is 1.57 bits per heavy atom. The molecule has 0 aliphatic carbocycles. The van der Waals surface area contributed by atoms with E-state index in [9.17, 15) is 0 Å². The van der Waals surface area contributed by atoms with Gasteiger partial charge in [-0.2, -0.15) is 0 Å². The minimum Gasteiger partial charge on any atom is -0.495 e. The first-order valence-electron chi connectivity index (χ1n) is 4.38. The second-order valence-corrected chi connectivity index (χ2v) is 3.38. The first-order valence-corrected chi connectivity index (χ1v) is 4.75. The number of nitrogens with two attached hydrogens (primary N) is 1. The molecule has 0 aliphatic heterocycles. The van der Waals surface area contributed by atoms with Crippen LogP contribution in [0.1, 0.15) is 11.5 Å². The molecule has 0 spiro atoms. The maximum atomic E-state index is 9.11. The van der Waals surface area contributed by atoms with Crippen molar-refractivity contribution in [2.24, 2.45) is 5.73 Å². The highest BCUT2D eigenvalue weighted by Crippen LogP contribution is 2.32. The zero-order valence-corrected chi connectivity index (χ0v) is 8.79. The number of ether oxygens (including phenoxy) is 1. The van der Waals surface area contributed by atoms with Crippen LogP contribution in [-0.2, 0) is 0 Å². The van der Waals surface area contributed by atoms with Gasteiger partial charge in [-0.25, -0.2) is 0 Å². The second-order valence-electron chi connectivity index (χ2n) is 2.98. The van der Waals surface area contributed by atoms with Crippen LogP contribution in [0.2, 0.25) is 5.02 Å². The van der Waals surface area contributed by atoms with Gasteiger partial charge in [0.25, 0.3) is 0 Å². The topological polar surface area (TPSA) is 55.5 Å². The lowest BCUT2D eigenvalue weighted by atomic mass is 9.99. The number of aliphatic hydroxyl groups excluding tert-OH is 1. The first-order chi connectivity index (χ1) is 6.74. The molecule has 0 amide bonds. The molecule has 0 aliphatic rings. The van der Waals surface area contributed by atoms with Gasteiger partial charge < -0.3 is 15.6 Å². The minimum atomic E-state index is -0.122. The molecule has 3 N–H and O–H groups in total. The van der Waals surface area contributed by atoms with E-state index < -0.39 is 0 Å². The van der Waals surface area contributed by atoms with Gasteiger partial charge in [-0.3, -0.25) is 0 Å². The number of benzene rings is 1. The molecule has 3 nitrogen and oxygen atoms in total. The molecule has 1 unspecified atom stereocenters. The third-order valence-electron chi connectivity index (χ3n) is 2.15. The molecule has 4 heteroatoms. The molecule has 0 saturated carbocycles. The van der Waals surface area contributed by atoms with E-state index >= 15 is 0 Å².